The van der Waals surface area contributed by atoms with Gasteiger partial charge in [0.25, 0.3) is 0 Å². The Balaban J connectivity index is 1.85. The summed E-state index contributed by atoms with van der Waals surface area (Å²) in [4.78, 5) is 22.9. The maximum atomic E-state index is 11.8. The number of hydrogen-bond donors (Lipinski definition) is 1. The molecule has 0 saturated heterocycles. The Morgan fingerprint density at radius 1 is 1.05 bits per heavy atom. The summed E-state index contributed by atoms with van der Waals surface area (Å²) in [6.45, 7) is 0. The SMILES string of the molecule is O=C(O)c1ccccc1OB1OC(=O)c2ccccc2O1. The predicted octanol–water partition coefficient (Wildman–Crippen LogP) is 2.00. The zero-order valence-corrected chi connectivity index (χ0v) is 10.7. The lowest BCUT2D eigenvalue weighted by atomic mass is 10.1. The number of benzene rings is 2. The number of carboxylic acid groups (broad SMARTS) is 1. The van der Waals surface area contributed by atoms with Gasteiger partial charge < -0.3 is 19.1 Å². The Morgan fingerprint density at radius 2 is 1.76 bits per heavy atom. The maximum absolute atomic E-state index is 11.8. The third-order valence-corrected chi connectivity index (χ3v) is 2.87. The van der Waals surface area contributed by atoms with E-state index in [1.165, 1.54) is 12.1 Å². The van der Waals surface area contributed by atoms with E-state index in [9.17, 15) is 9.59 Å². The Morgan fingerprint density at radius 3 is 2.57 bits per heavy atom. The molecule has 1 aliphatic rings. The summed E-state index contributed by atoms with van der Waals surface area (Å²) < 4.78 is 15.7. The first kappa shape index (κ1) is 13.0. The topological polar surface area (TPSA) is 82.1 Å². The van der Waals surface area contributed by atoms with Crippen LogP contribution in [0.3, 0.4) is 0 Å². The Labute approximate surface area is 120 Å². The van der Waals surface area contributed by atoms with E-state index in [-0.39, 0.29) is 11.3 Å². The Hall–Kier alpha value is -2.96. The van der Waals surface area contributed by atoms with Crippen molar-refractivity contribution in [3.05, 3.63) is 59.7 Å². The van der Waals surface area contributed by atoms with Gasteiger partial charge in [0.2, 0.25) is 0 Å². The number of hydrogen-bond acceptors (Lipinski definition) is 5. The first-order chi connectivity index (χ1) is 10.1. The average molecular weight is 284 g/mol. The number of carbonyl (C=O) groups excluding carboxylic acids is 1. The van der Waals surface area contributed by atoms with Gasteiger partial charge in [-0.1, -0.05) is 24.3 Å². The van der Waals surface area contributed by atoms with Crippen molar-refractivity contribution in [2.24, 2.45) is 0 Å². The molecule has 0 unspecified atom stereocenters. The van der Waals surface area contributed by atoms with E-state index in [4.69, 9.17) is 19.1 Å². The predicted molar refractivity (Wildman–Crippen MR) is 72.3 cm³/mol. The second-order valence-electron chi connectivity index (χ2n) is 4.23. The fourth-order valence-electron chi connectivity index (χ4n) is 1.91. The highest BCUT2D eigenvalue weighted by Gasteiger charge is 2.39. The molecule has 2 aromatic rings. The second kappa shape index (κ2) is 5.20. The van der Waals surface area contributed by atoms with Crippen LogP contribution in [0.25, 0.3) is 0 Å². The quantitative estimate of drug-likeness (QED) is 0.868. The van der Waals surface area contributed by atoms with Crippen LogP contribution in [0, 0.1) is 0 Å². The van der Waals surface area contributed by atoms with E-state index < -0.39 is 19.3 Å². The van der Waals surface area contributed by atoms with E-state index in [1.807, 2.05) is 0 Å². The minimum atomic E-state index is -1.33. The largest absolute Gasteiger partial charge is 0.866 e. The van der Waals surface area contributed by atoms with E-state index in [1.54, 1.807) is 36.4 Å². The Kier molecular flexibility index (Phi) is 3.23. The highest BCUT2D eigenvalue weighted by Crippen LogP contribution is 2.26. The molecule has 0 fully saturated rings. The van der Waals surface area contributed by atoms with Crippen LogP contribution < -0.4 is 9.31 Å². The monoisotopic (exact) mass is 284 g/mol. The molecule has 0 saturated carbocycles. The molecule has 1 heterocycles. The lowest BCUT2D eigenvalue weighted by molar-refractivity contribution is 0.0628. The van der Waals surface area contributed by atoms with E-state index in [0.29, 0.717) is 11.3 Å². The van der Waals surface area contributed by atoms with Gasteiger partial charge in [0.1, 0.15) is 11.5 Å². The van der Waals surface area contributed by atoms with Gasteiger partial charge in [-0.3, -0.25) is 0 Å². The number of fused-ring (bicyclic) bond motifs is 1. The van der Waals surface area contributed by atoms with E-state index in [0.717, 1.165) is 0 Å². The lowest BCUT2D eigenvalue weighted by Crippen LogP contribution is -2.40. The first-order valence-electron chi connectivity index (χ1n) is 6.11. The van der Waals surface area contributed by atoms with Crippen LogP contribution in [-0.2, 0) is 4.65 Å². The van der Waals surface area contributed by atoms with Gasteiger partial charge in [-0.2, -0.15) is 0 Å². The van der Waals surface area contributed by atoms with Crippen LogP contribution >= 0.6 is 0 Å². The molecule has 1 aliphatic heterocycles. The lowest BCUT2D eigenvalue weighted by Gasteiger charge is -2.22. The van der Waals surface area contributed by atoms with Crippen molar-refractivity contribution in [1.82, 2.24) is 0 Å². The Bertz CT molecular complexity index is 714. The number of para-hydroxylation sites is 2. The van der Waals surface area contributed by atoms with E-state index >= 15 is 0 Å². The van der Waals surface area contributed by atoms with Gasteiger partial charge in [0.15, 0.2) is 0 Å². The molecule has 0 bridgehead atoms. The van der Waals surface area contributed by atoms with Gasteiger partial charge in [-0.25, -0.2) is 9.59 Å². The minimum Gasteiger partial charge on any atom is -0.489 e. The molecule has 6 nitrogen and oxygen atoms in total. The van der Waals surface area contributed by atoms with Crippen LogP contribution in [0.15, 0.2) is 48.5 Å². The van der Waals surface area contributed by atoms with Gasteiger partial charge in [-0.15, -0.1) is 0 Å². The van der Waals surface area contributed by atoms with Gasteiger partial charge in [-0.05, 0) is 24.3 Å². The summed E-state index contributed by atoms with van der Waals surface area (Å²) in [5, 5.41) is 9.08. The van der Waals surface area contributed by atoms with Crippen LogP contribution in [0.5, 0.6) is 11.5 Å². The molecular formula is C14H9BO6. The highest BCUT2D eigenvalue weighted by atomic mass is 16.8. The average Bonchev–Trinajstić information content (AvgIpc) is 2.47. The summed E-state index contributed by atoms with van der Waals surface area (Å²) in [7, 11) is -1.33. The standard InChI is InChI=1S/C14H9BO6/c16-13(17)9-5-1-3-7-11(9)19-15-20-12-8-4-2-6-10(12)14(18)21-15/h1-8H,(H,16,17). The number of carboxylic acids is 1. The normalized spacial score (nSPS) is 13.0. The van der Waals surface area contributed by atoms with Gasteiger partial charge in [0, 0.05) is 0 Å². The highest BCUT2D eigenvalue weighted by molar-refractivity contribution is 6.43. The molecule has 1 N–H and O–H groups in total. The van der Waals surface area contributed by atoms with Gasteiger partial charge in [0.05, 0.1) is 11.1 Å². The van der Waals surface area contributed by atoms with Crippen molar-refractivity contribution in [2.75, 3.05) is 0 Å². The summed E-state index contributed by atoms with van der Waals surface area (Å²) >= 11 is 0. The molecule has 21 heavy (non-hydrogen) atoms. The summed E-state index contributed by atoms with van der Waals surface area (Å²) in [6, 6.07) is 12.6. The van der Waals surface area contributed by atoms with E-state index in [2.05, 4.69) is 0 Å². The molecule has 0 amide bonds. The smallest absolute Gasteiger partial charge is 0.489 e. The summed E-state index contributed by atoms with van der Waals surface area (Å²) in [5.74, 6) is -1.35. The fourth-order valence-corrected chi connectivity index (χ4v) is 1.91. The molecule has 0 radical (unpaired) electrons. The van der Waals surface area contributed by atoms with Crippen LogP contribution in [-0.4, -0.2) is 24.4 Å². The number of aromatic carboxylic acids is 1. The third-order valence-electron chi connectivity index (χ3n) is 2.87. The zero-order chi connectivity index (χ0) is 14.8. The number of carbonyl (C=O) groups is 2. The molecule has 2 aromatic carbocycles. The molecule has 0 spiro atoms. The maximum Gasteiger partial charge on any atom is 0.866 e. The molecule has 3 rings (SSSR count). The number of rotatable bonds is 3. The molecular weight excluding hydrogens is 275 g/mol. The first-order valence-corrected chi connectivity index (χ1v) is 6.11. The minimum absolute atomic E-state index is 0.0454. The van der Waals surface area contributed by atoms with Crippen LogP contribution in [0.2, 0.25) is 0 Å². The molecule has 104 valence electrons. The van der Waals surface area contributed by atoms with Crippen molar-refractivity contribution < 1.29 is 28.7 Å². The second-order valence-corrected chi connectivity index (χ2v) is 4.23. The van der Waals surface area contributed by atoms with Crippen LogP contribution in [0.1, 0.15) is 20.7 Å². The van der Waals surface area contributed by atoms with Crippen molar-refractivity contribution in [3.8, 4) is 11.5 Å². The van der Waals surface area contributed by atoms with Crippen molar-refractivity contribution in [3.63, 3.8) is 0 Å². The molecule has 0 atom stereocenters. The molecule has 7 heteroatoms. The molecule has 0 aromatic heterocycles. The summed E-state index contributed by atoms with van der Waals surface area (Å²) in [6.07, 6.45) is 0. The summed E-state index contributed by atoms with van der Waals surface area (Å²) in [5.41, 5.74) is 0.250. The van der Waals surface area contributed by atoms with Crippen molar-refractivity contribution in [1.29, 1.82) is 0 Å². The fraction of sp³-hybridized carbons (Fsp3) is 0. The van der Waals surface area contributed by atoms with Crippen LogP contribution in [0.4, 0.5) is 0 Å². The zero-order valence-electron chi connectivity index (χ0n) is 10.7. The third kappa shape index (κ3) is 2.53. The molecule has 0 aliphatic carbocycles. The van der Waals surface area contributed by atoms with Gasteiger partial charge >= 0.3 is 19.3 Å². The van der Waals surface area contributed by atoms with Crippen molar-refractivity contribution >= 4 is 19.3 Å². The van der Waals surface area contributed by atoms with Crippen molar-refractivity contribution in [2.45, 2.75) is 0 Å².